The number of benzene rings is 2. The number of ether oxygens (including phenoxy) is 2. The summed E-state index contributed by atoms with van der Waals surface area (Å²) in [5.41, 5.74) is 1.22. The molecular weight excluding hydrogens is 576 g/mol. The number of hydrogen-bond acceptors (Lipinski definition) is 7. The Morgan fingerprint density at radius 1 is 1.05 bits per heavy atom. The number of carbonyl (C=O) groups excluding carboxylic acids is 3. The van der Waals surface area contributed by atoms with Gasteiger partial charge in [-0.2, -0.15) is 0 Å². The maximum Gasteiger partial charge on any atom is 0.330 e. The van der Waals surface area contributed by atoms with E-state index in [2.05, 4.69) is 26.6 Å². The second-order valence-corrected chi connectivity index (χ2v) is 10.4. The van der Waals surface area contributed by atoms with Crippen LogP contribution in [0.4, 0.5) is 0 Å². The Hall–Kier alpha value is -3.31. The van der Waals surface area contributed by atoms with Gasteiger partial charge in [-0.1, -0.05) is 44.2 Å². The molecule has 0 bridgehead atoms. The Bertz CT molecular complexity index is 1190. The summed E-state index contributed by atoms with van der Waals surface area (Å²) < 4.78 is 11.3. The summed E-state index contributed by atoms with van der Waals surface area (Å²) in [5, 5.41) is 14.3. The third kappa shape index (κ3) is 9.53. The first-order chi connectivity index (χ1) is 18.0. The molecule has 204 valence electrons. The van der Waals surface area contributed by atoms with Crippen LogP contribution in [0.2, 0.25) is 0 Å². The standard InChI is InChI=1S/C27H31BrN2O7S/c1-16(2)26(30-24(32)11-18-10-23(37-4)19(28)12-22(18)36-3)27(35)29-20(13-25(33)34)21(31)15-38-14-17-8-6-5-7-9-17/h5-10,12-13,16,26H,11,14-15H2,1-4H3,(H,29,35)(H,30,32)(H,33,34)/t26-/m0/s1. The van der Waals surface area contributed by atoms with Gasteiger partial charge in [-0.3, -0.25) is 14.4 Å². The van der Waals surface area contributed by atoms with Crippen molar-refractivity contribution in [3.63, 3.8) is 0 Å². The van der Waals surface area contributed by atoms with Crippen molar-refractivity contribution in [1.29, 1.82) is 0 Å². The Morgan fingerprint density at radius 3 is 2.29 bits per heavy atom. The number of carbonyl (C=O) groups is 4. The van der Waals surface area contributed by atoms with E-state index < -0.39 is 29.6 Å². The predicted octanol–water partition coefficient (Wildman–Crippen LogP) is 3.74. The van der Waals surface area contributed by atoms with Crippen LogP contribution in [0, 0.1) is 5.92 Å². The fourth-order valence-corrected chi connectivity index (χ4v) is 4.78. The molecule has 38 heavy (non-hydrogen) atoms. The van der Waals surface area contributed by atoms with Crippen LogP contribution in [0.25, 0.3) is 0 Å². The SMILES string of the molecule is COc1cc(CC(=O)N[C@H](C(=O)NC(=CC(=O)O)C(=O)CSCc2ccccc2)C(C)C)c(OC)cc1Br. The monoisotopic (exact) mass is 606 g/mol. The minimum atomic E-state index is -1.37. The number of carboxylic acid groups (broad SMARTS) is 1. The molecule has 2 aromatic rings. The first-order valence-electron chi connectivity index (χ1n) is 11.7. The molecule has 3 N–H and O–H groups in total. The van der Waals surface area contributed by atoms with Crippen LogP contribution in [0.15, 0.2) is 58.7 Å². The Balaban J connectivity index is 2.09. The fourth-order valence-electron chi connectivity index (χ4n) is 3.43. The predicted molar refractivity (Wildman–Crippen MR) is 149 cm³/mol. The number of allylic oxidation sites excluding steroid dienone is 1. The number of aliphatic carboxylic acids is 1. The second kappa shape index (κ2) is 15.2. The molecule has 9 nitrogen and oxygen atoms in total. The molecule has 11 heteroatoms. The van der Waals surface area contributed by atoms with Gasteiger partial charge in [0.15, 0.2) is 5.78 Å². The molecule has 0 saturated carbocycles. The van der Waals surface area contributed by atoms with Gasteiger partial charge in [0.25, 0.3) is 0 Å². The maximum atomic E-state index is 13.1. The Kier molecular flexibility index (Phi) is 12.4. The fraction of sp³-hybridized carbons (Fsp3) is 0.333. The molecule has 0 heterocycles. The van der Waals surface area contributed by atoms with Gasteiger partial charge in [-0.15, -0.1) is 11.8 Å². The number of halogens is 1. The minimum Gasteiger partial charge on any atom is -0.496 e. The summed E-state index contributed by atoms with van der Waals surface area (Å²) in [5.74, 6) is -1.92. The zero-order valence-electron chi connectivity index (χ0n) is 21.6. The number of carboxylic acids is 1. The molecule has 0 spiro atoms. The number of nitrogens with one attached hydrogen (secondary N) is 2. The summed E-state index contributed by atoms with van der Waals surface area (Å²) in [4.78, 5) is 50.0. The lowest BCUT2D eigenvalue weighted by Gasteiger charge is -2.22. The van der Waals surface area contributed by atoms with Crippen molar-refractivity contribution in [1.82, 2.24) is 10.6 Å². The van der Waals surface area contributed by atoms with Gasteiger partial charge in [0.05, 0.1) is 42.6 Å². The number of rotatable bonds is 14. The maximum absolute atomic E-state index is 13.1. The van der Waals surface area contributed by atoms with Crippen LogP contribution < -0.4 is 20.1 Å². The van der Waals surface area contributed by atoms with Crippen LogP contribution >= 0.6 is 27.7 Å². The van der Waals surface area contributed by atoms with Crippen LogP contribution in [0.3, 0.4) is 0 Å². The number of amides is 2. The van der Waals surface area contributed by atoms with Crippen molar-refractivity contribution in [3.05, 3.63) is 69.8 Å². The van der Waals surface area contributed by atoms with E-state index in [1.807, 2.05) is 30.3 Å². The van der Waals surface area contributed by atoms with Crippen LogP contribution in [-0.4, -0.2) is 54.7 Å². The molecule has 0 aliphatic carbocycles. The number of Topliss-reactive ketones (excluding diaryl/α,β-unsaturated/α-hetero) is 1. The third-order valence-electron chi connectivity index (χ3n) is 5.34. The van der Waals surface area contributed by atoms with Gasteiger partial charge in [-0.05, 0) is 39.5 Å². The highest BCUT2D eigenvalue weighted by Crippen LogP contribution is 2.33. The van der Waals surface area contributed by atoms with Crippen molar-refractivity contribution in [2.45, 2.75) is 32.1 Å². The van der Waals surface area contributed by atoms with E-state index in [1.165, 1.54) is 26.0 Å². The quantitative estimate of drug-likeness (QED) is 0.277. The lowest BCUT2D eigenvalue weighted by atomic mass is 10.0. The van der Waals surface area contributed by atoms with E-state index in [9.17, 15) is 24.3 Å². The van der Waals surface area contributed by atoms with E-state index in [0.717, 1.165) is 5.56 Å². The van der Waals surface area contributed by atoms with Gasteiger partial charge in [0.1, 0.15) is 17.5 Å². The average Bonchev–Trinajstić information content (AvgIpc) is 2.87. The summed E-state index contributed by atoms with van der Waals surface area (Å²) in [6, 6.07) is 11.8. The first-order valence-corrected chi connectivity index (χ1v) is 13.6. The normalized spacial score (nSPS) is 12.0. The molecule has 0 aromatic heterocycles. The largest absolute Gasteiger partial charge is 0.496 e. The lowest BCUT2D eigenvalue weighted by Crippen LogP contribution is -2.50. The molecule has 0 unspecified atom stereocenters. The smallest absolute Gasteiger partial charge is 0.330 e. The molecular formula is C27H31BrN2O7S. The summed E-state index contributed by atoms with van der Waals surface area (Å²) in [7, 11) is 2.98. The zero-order valence-corrected chi connectivity index (χ0v) is 24.0. The van der Waals surface area contributed by atoms with Crippen molar-refractivity contribution in [3.8, 4) is 11.5 Å². The molecule has 2 amide bonds. The first kappa shape index (κ1) is 30.9. The lowest BCUT2D eigenvalue weighted by molar-refractivity contribution is -0.132. The van der Waals surface area contributed by atoms with Crippen LogP contribution in [0.5, 0.6) is 11.5 Å². The van der Waals surface area contributed by atoms with Crippen molar-refractivity contribution >= 4 is 51.3 Å². The van der Waals surface area contributed by atoms with E-state index in [1.54, 1.807) is 26.0 Å². The van der Waals surface area contributed by atoms with Crippen molar-refractivity contribution < 1.29 is 33.8 Å². The number of hydrogen-bond donors (Lipinski definition) is 3. The van der Waals surface area contributed by atoms with E-state index >= 15 is 0 Å². The van der Waals surface area contributed by atoms with Gasteiger partial charge in [-0.25, -0.2) is 4.79 Å². The van der Waals surface area contributed by atoms with Crippen LogP contribution in [-0.2, 0) is 31.4 Å². The average molecular weight is 608 g/mol. The Morgan fingerprint density at radius 2 is 1.71 bits per heavy atom. The molecule has 2 aromatic carbocycles. The Labute approximate surface area is 234 Å². The number of thioether (sulfide) groups is 1. The van der Waals surface area contributed by atoms with E-state index in [0.29, 0.717) is 33.4 Å². The van der Waals surface area contributed by atoms with E-state index in [4.69, 9.17) is 9.47 Å². The number of methoxy groups -OCH3 is 2. The van der Waals surface area contributed by atoms with Crippen molar-refractivity contribution in [2.24, 2.45) is 5.92 Å². The minimum absolute atomic E-state index is 0.0296. The van der Waals surface area contributed by atoms with Gasteiger partial charge < -0.3 is 25.2 Å². The molecule has 0 aliphatic heterocycles. The second-order valence-electron chi connectivity index (χ2n) is 8.55. The van der Waals surface area contributed by atoms with Gasteiger partial charge >= 0.3 is 5.97 Å². The summed E-state index contributed by atoms with van der Waals surface area (Å²) in [6.45, 7) is 3.46. The van der Waals surface area contributed by atoms with Crippen LogP contribution in [0.1, 0.15) is 25.0 Å². The zero-order chi connectivity index (χ0) is 28.2. The highest BCUT2D eigenvalue weighted by molar-refractivity contribution is 9.10. The molecule has 0 fully saturated rings. The third-order valence-corrected chi connectivity index (χ3v) is 6.97. The van der Waals surface area contributed by atoms with Crippen molar-refractivity contribution in [2.75, 3.05) is 20.0 Å². The van der Waals surface area contributed by atoms with E-state index in [-0.39, 0.29) is 23.8 Å². The highest BCUT2D eigenvalue weighted by atomic mass is 79.9. The topological polar surface area (TPSA) is 131 Å². The molecule has 1 atom stereocenters. The summed E-state index contributed by atoms with van der Waals surface area (Å²) >= 11 is 4.67. The number of ketones is 1. The van der Waals surface area contributed by atoms with Gasteiger partial charge in [0, 0.05) is 11.3 Å². The summed E-state index contributed by atoms with van der Waals surface area (Å²) in [6.07, 6.45) is 0.567. The molecule has 0 saturated heterocycles. The molecule has 0 aliphatic rings. The molecule has 0 radical (unpaired) electrons. The molecule has 2 rings (SSSR count). The van der Waals surface area contributed by atoms with Gasteiger partial charge in [0.2, 0.25) is 11.8 Å². The highest BCUT2D eigenvalue weighted by Gasteiger charge is 2.27.